The van der Waals surface area contributed by atoms with Crippen LogP contribution < -0.4 is 5.32 Å². The van der Waals surface area contributed by atoms with E-state index in [1.807, 2.05) is 6.07 Å². The van der Waals surface area contributed by atoms with E-state index in [1.165, 1.54) is 25.0 Å². The predicted octanol–water partition coefficient (Wildman–Crippen LogP) is 3.22. The lowest BCUT2D eigenvalue weighted by atomic mass is 10.2. The van der Waals surface area contributed by atoms with Crippen LogP contribution in [-0.2, 0) is 13.1 Å². The summed E-state index contributed by atoms with van der Waals surface area (Å²) in [5, 5.41) is 7.52. The third kappa shape index (κ3) is 2.91. The van der Waals surface area contributed by atoms with Gasteiger partial charge in [0.15, 0.2) is 0 Å². The van der Waals surface area contributed by atoms with Gasteiger partial charge in [-0.2, -0.15) is 5.10 Å². The minimum absolute atomic E-state index is 0.0238. The minimum atomic E-state index is -0.568. The lowest BCUT2D eigenvalue weighted by Crippen LogP contribution is -2.19. The fourth-order valence-electron chi connectivity index (χ4n) is 2.05. The Kier molecular flexibility index (Phi) is 3.85. The van der Waals surface area contributed by atoms with Crippen molar-refractivity contribution in [1.82, 2.24) is 15.1 Å². The average molecular weight is 342 g/mol. The Balaban J connectivity index is 1.80. The first-order valence-corrected chi connectivity index (χ1v) is 7.31. The minimum Gasteiger partial charge on any atom is -0.308 e. The highest BCUT2D eigenvalue weighted by Crippen LogP contribution is 2.23. The third-order valence-electron chi connectivity index (χ3n) is 3.40. The summed E-state index contributed by atoms with van der Waals surface area (Å²) in [5.74, 6) is -1.12. The summed E-state index contributed by atoms with van der Waals surface area (Å²) in [6, 6.07) is 5.07. The van der Waals surface area contributed by atoms with Gasteiger partial charge in [-0.25, -0.2) is 8.78 Å². The number of nitrogens with zero attached hydrogens (tertiary/aromatic N) is 2. The molecule has 1 heterocycles. The van der Waals surface area contributed by atoms with Crippen molar-refractivity contribution in [3.05, 3.63) is 51.8 Å². The SMILES string of the molecule is Fc1ccc(Br)c(F)c1Cn1nccc1CNC1CC1. The first-order chi connectivity index (χ1) is 9.65. The van der Waals surface area contributed by atoms with E-state index in [2.05, 4.69) is 26.3 Å². The molecule has 3 rings (SSSR count). The van der Waals surface area contributed by atoms with Crippen LogP contribution in [0.25, 0.3) is 0 Å². The molecule has 0 bridgehead atoms. The van der Waals surface area contributed by atoms with Crippen LogP contribution in [0.1, 0.15) is 24.1 Å². The van der Waals surface area contributed by atoms with Crippen LogP contribution >= 0.6 is 15.9 Å². The molecule has 0 aliphatic heterocycles. The third-order valence-corrected chi connectivity index (χ3v) is 4.01. The monoisotopic (exact) mass is 341 g/mol. The Morgan fingerprint density at radius 1 is 1.30 bits per heavy atom. The van der Waals surface area contributed by atoms with Crippen LogP contribution in [0.4, 0.5) is 8.78 Å². The molecule has 0 radical (unpaired) electrons. The standard InChI is InChI=1S/C14H14BrF2N3/c15-12-3-4-13(16)11(14(12)17)8-20-10(5-6-19-20)7-18-9-1-2-9/h3-6,9,18H,1-2,7-8H2. The van der Waals surface area contributed by atoms with Gasteiger partial charge in [0.1, 0.15) is 11.6 Å². The zero-order chi connectivity index (χ0) is 14.1. The van der Waals surface area contributed by atoms with Crippen molar-refractivity contribution in [3.63, 3.8) is 0 Å². The second-order valence-electron chi connectivity index (χ2n) is 4.96. The highest BCUT2D eigenvalue weighted by atomic mass is 79.9. The van der Waals surface area contributed by atoms with Crippen molar-refractivity contribution < 1.29 is 8.78 Å². The van der Waals surface area contributed by atoms with Gasteiger partial charge in [0.25, 0.3) is 0 Å². The summed E-state index contributed by atoms with van der Waals surface area (Å²) >= 11 is 3.08. The van der Waals surface area contributed by atoms with Crippen molar-refractivity contribution in [1.29, 1.82) is 0 Å². The maximum atomic E-state index is 14.0. The maximum Gasteiger partial charge on any atom is 0.145 e. The molecular formula is C14H14BrF2N3. The quantitative estimate of drug-likeness (QED) is 0.846. The molecule has 0 saturated heterocycles. The van der Waals surface area contributed by atoms with E-state index in [4.69, 9.17) is 0 Å². The predicted molar refractivity (Wildman–Crippen MR) is 75.2 cm³/mol. The van der Waals surface area contributed by atoms with Crippen molar-refractivity contribution >= 4 is 15.9 Å². The highest BCUT2D eigenvalue weighted by Gasteiger charge is 2.21. The highest BCUT2D eigenvalue weighted by molar-refractivity contribution is 9.10. The molecule has 1 aliphatic carbocycles. The van der Waals surface area contributed by atoms with Gasteiger partial charge in [-0.1, -0.05) is 0 Å². The summed E-state index contributed by atoms with van der Waals surface area (Å²) in [6.45, 7) is 0.758. The van der Waals surface area contributed by atoms with Gasteiger partial charge >= 0.3 is 0 Å². The summed E-state index contributed by atoms with van der Waals surface area (Å²) in [7, 11) is 0. The van der Waals surface area contributed by atoms with E-state index in [-0.39, 0.29) is 16.6 Å². The zero-order valence-corrected chi connectivity index (χ0v) is 12.3. The number of aromatic nitrogens is 2. The normalized spacial score (nSPS) is 14.8. The Hall–Kier alpha value is -1.27. The van der Waals surface area contributed by atoms with Crippen LogP contribution in [0, 0.1) is 11.6 Å². The van der Waals surface area contributed by atoms with E-state index < -0.39 is 11.6 Å². The van der Waals surface area contributed by atoms with Crippen LogP contribution in [0.3, 0.4) is 0 Å². The smallest absolute Gasteiger partial charge is 0.145 e. The van der Waals surface area contributed by atoms with Crippen LogP contribution in [0.2, 0.25) is 0 Å². The van der Waals surface area contributed by atoms with Crippen molar-refractivity contribution in [2.45, 2.75) is 32.0 Å². The first kappa shape index (κ1) is 13.7. The topological polar surface area (TPSA) is 29.9 Å². The molecular weight excluding hydrogens is 328 g/mol. The first-order valence-electron chi connectivity index (χ1n) is 6.51. The molecule has 0 atom stereocenters. The van der Waals surface area contributed by atoms with E-state index in [1.54, 1.807) is 10.9 Å². The Labute approximate surface area is 124 Å². The molecule has 6 heteroatoms. The van der Waals surface area contributed by atoms with Crippen molar-refractivity contribution in [2.75, 3.05) is 0 Å². The number of nitrogens with one attached hydrogen (secondary N) is 1. The lowest BCUT2D eigenvalue weighted by molar-refractivity contribution is 0.517. The Morgan fingerprint density at radius 3 is 2.85 bits per heavy atom. The molecule has 1 aromatic heterocycles. The molecule has 20 heavy (non-hydrogen) atoms. The molecule has 1 N–H and O–H groups in total. The molecule has 0 spiro atoms. The van der Waals surface area contributed by atoms with Crippen LogP contribution in [0.5, 0.6) is 0 Å². The molecule has 2 aromatic rings. The largest absolute Gasteiger partial charge is 0.308 e. The molecule has 0 amide bonds. The Morgan fingerprint density at radius 2 is 2.10 bits per heavy atom. The van der Waals surface area contributed by atoms with E-state index >= 15 is 0 Å². The summed E-state index contributed by atoms with van der Waals surface area (Å²) in [6.07, 6.45) is 4.05. The van der Waals surface area contributed by atoms with Gasteiger partial charge in [0.05, 0.1) is 16.7 Å². The van der Waals surface area contributed by atoms with Crippen LogP contribution in [-0.4, -0.2) is 15.8 Å². The fraction of sp³-hybridized carbons (Fsp3) is 0.357. The Bertz CT molecular complexity index is 623. The number of hydrogen-bond donors (Lipinski definition) is 1. The molecule has 1 aliphatic rings. The van der Waals surface area contributed by atoms with Crippen molar-refractivity contribution in [2.24, 2.45) is 0 Å². The van der Waals surface area contributed by atoms with Gasteiger partial charge in [0, 0.05) is 24.3 Å². The lowest BCUT2D eigenvalue weighted by Gasteiger charge is -2.10. The summed E-state index contributed by atoms with van der Waals surface area (Å²) in [4.78, 5) is 0. The average Bonchev–Trinajstić information content (AvgIpc) is 3.16. The molecule has 106 valence electrons. The maximum absolute atomic E-state index is 14.0. The van der Waals surface area contributed by atoms with Gasteiger partial charge in [-0.15, -0.1) is 0 Å². The van der Waals surface area contributed by atoms with Crippen LogP contribution in [0.15, 0.2) is 28.9 Å². The van der Waals surface area contributed by atoms with Gasteiger partial charge in [-0.05, 0) is 47.0 Å². The molecule has 1 aromatic carbocycles. The van der Waals surface area contributed by atoms with Gasteiger partial charge in [-0.3, -0.25) is 4.68 Å². The number of benzene rings is 1. The molecule has 1 saturated carbocycles. The second kappa shape index (κ2) is 5.61. The van der Waals surface area contributed by atoms with E-state index in [0.717, 1.165) is 5.69 Å². The molecule has 1 fully saturated rings. The molecule has 3 nitrogen and oxygen atoms in total. The second-order valence-corrected chi connectivity index (χ2v) is 5.81. The van der Waals surface area contributed by atoms with Gasteiger partial charge < -0.3 is 5.32 Å². The number of rotatable bonds is 5. The van der Waals surface area contributed by atoms with E-state index in [0.29, 0.717) is 12.6 Å². The number of hydrogen-bond acceptors (Lipinski definition) is 2. The van der Waals surface area contributed by atoms with E-state index in [9.17, 15) is 8.78 Å². The molecule has 0 unspecified atom stereocenters. The summed E-state index contributed by atoms with van der Waals surface area (Å²) < 4.78 is 29.6. The van der Waals surface area contributed by atoms with Crippen molar-refractivity contribution in [3.8, 4) is 0 Å². The number of halogens is 3. The summed E-state index contributed by atoms with van der Waals surface area (Å²) in [5.41, 5.74) is 0.950. The zero-order valence-electron chi connectivity index (χ0n) is 10.7. The fourth-order valence-corrected chi connectivity index (χ4v) is 2.42. The van der Waals surface area contributed by atoms with Gasteiger partial charge in [0.2, 0.25) is 0 Å².